The number of nitrogens with one attached hydrogen (secondary N) is 2. The van der Waals surface area contributed by atoms with Crippen LogP contribution in [0.1, 0.15) is 58.8 Å². The molecule has 4 nitrogen and oxygen atoms in total. The first-order valence-corrected chi connectivity index (χ1v) is 8.46. The molecule has 1 atom stereocenters. The summed E-state index contributed by atoms with van der Waals surface area (Å²) in [5, 5.41) is 6.10. The standard InChI is InChI=1S/C16H31N3O/c1-3-13(2)17-16(20)18-15-8-10-19(11-9-15)12-14-6-4-5-7-14/h13-15H,3-12H2,1-2H3,(H2,17,18,20). The van der Waals surface area contributed by atoms with E-state index in [4.69, 9.17) is 0 Å². The Morgan fingerprint density at radius 1 is 1.20 bits per heavy atom. The van der Waals surface area contributed by atoms with Gasteiger partial charge in [-0.05, 0) is 44.9 Å². The zero-order valence-electron chi connectivity index (χ0n) is 13.2. The van der Waals surface area contributed by atoms with Gasteiger partial charge >= 0.3 is 6.03 Å². The van der Waals surface area contributed by atoms with E-state index in [2.05, 4.69) is 22.5 Å². The number of hydrogen-bond donors (Lipinski definition) is 2. The lowest BCUT2D eigenvalue weighted by Crippen LogP contribution is -2.50. The van der Waals surface area contributed by atoms with E-state index in [1.54, 1.807) is 0 Å². The molecule has 1 aliphatic carbocycles. The molecule has 0 aromatic rings. The van der Waals surface area contributed by atoms with Crippen molar-refractivity contribution >= 4 is 6.03 Å². The largest absolute Gasteiger partial charge is 0.336 e. The quantitative estimate of drug-likeness (QED) is 0.814. The molecule has 2 aliphatic rings. The number of nitrogens with zero attached hydrogens (tertiary/aromatic N) is 1. The number of rotatable bonds is 5. The molecule has 1 saturated heterocycles. The highest BCUT2D eigenvalue weighted by atomic mass is 16.2. The molecule has 0 aromatic heterocycles. The van der Waals surface area contributed by atoms with Crippen molar-refractivity contribution in [1.29, 1.82) is 0 Å². The number of hydrogen-bond acceptors (Lipinski definition) is 2. The van der Waals surface area contributed by atoms with E-state index in [9.17, 15) is 4.79 Å². The van der Waals surface area contributed by atoms with Crippen LogP contribution in [0.5, 0.6) is 0 Å². The van der Waals surface area contributed by atoms with Crippen LogP contribution < -0.4 is 10.6 Å². The molecule has 2 N–H and O–H groups in total. The number of urea groups is 1. The lowest BCUT2D eigenvalue weighted by molar-refractivity contribution is 0.171. The number of carbonyl (C=O) groups is 1. The van der Waals surface area contributed by atoms with E-state index in [1.807, 2.05) is 6.92 Å². The summed E-state index contributed by atoms with van der Waals surface area (Å²) in [5.74, 6) is 0.938. The minimum absolute atomic E-state index is 0.00796. The fraction of sp³-hybridized carbons (Fsp3) is 0.938. The summed E-state index contributed by atoms with van der Waals surface area (Å²) in [5.41, 5.74) is 0. The maximum absolute atomic E-state index is 11.8. The van der Waals surface area contributed by atoms with Crippen LogP contribution in [-0.4, -0.2) is 42.6 Å². The smallest absolute Gasteiger partial charge is 0.315 e. The van der Waals surface area contributed by atoms with Crippen LogP contribution in [-0.2, 0) is 0 Å². The minimum atomic E-state index is 0.00796. The van der Waals surface area contributed by atoms with Gasteiger partial charge in [0.05, 0.1) is 0 Å². The van der Waals surface area contributed by atoms with E-state index in [-0.39, 0.29) is 12.1 Å². The van der Waals surface area contributed by atoms with Crippen molar-refractivity contribution in [2.24, 2.45) is 5.92 Å². The van der Waals surface area contributed by atoms with Gasteiger partial charge in [-0.25, -0.2) is 4.79 Å². The van der Waals surface area contributed by atoms with Gasteiger partial charge in [0.25, 0.3) is 0 Å². The lowest BCUT2D eigenvalue weighted by atomic mass is 10.0. The zero-order valence-corrected chi connectivity index (χ0v) is 13.2. The normalized spacial score (nSPS) is 23.7. The molecule has 0 aromatic carbocycles. The molecule has 4 heteroatoms. The fourth-order valence-corrected chi connectivity index (χ4v) is 3.37. The summed E-state index contributed by atoms with van der Waals surface area (Å²) >= 11 is 0. The number of carbonyl (C=O) groups excluding carboxylic acids is 1. The van der Waals surface area contributed by atoms with Crippen LogP contribution in [0.4, 0.5) is 4.79 Å². The molecular weight excluding hydrogens is 250 g/mol. The first kappa shape index (κ1) is 15.6. The second kappa shape index (κ2) is 7.87. The Balaban J connectivity index is 1.62. The molecule has 20 heavy (non-hydrogen) atoms. The summed E-state index contributed by atoms with van der Waals surface area (Å²) in [6.45, 7) is 7.71. The Morgan fingerprint density at radius 3 is 2.45 bits per heavy atom. The molecule has 2 fully saturated rings. The van der Waals surface area contributed by atoms with Crippen molar-refractivity contribution in [3.05, 3.63) is 0 Å². The van der Waals surface area contributed by atoms with Crippen molar-refractivity contribution in [3.63, 3.8) is 0 Å². The van der Waals surface area contributed by atoms with Crippen LogP contribution in [0.2, 0.25) is 0 Å². The highest BCUT2D eigenvalue weighted by Crippen LogP contribution is 2.26. The Morgan fingerprint density at radius 2 is 1.85 bits per heavy atom. The van der Waals surface area contributed by atoms with Crippen LogP contribution >= 0.6 is 0 Å². The maximum Gasteiger partial charge on any atom is 0.315 e. The second-order valence-corrected chi connectivity index (χ2v) is 6.65. The van der Waals surface area contributed by atoms with Gasteiger partial charge in [-0.2, -0.15) is 0 Å². The molecule has 1 unspecified atom stereocenters. The van der Waals surface area contributed by atoms with E-state index in [0.29, 0.717) is 6.04 Å². The van der Waals surface area contributed by atoms with Crippen LogP contribution in [0.25, 0.3) is 0 Å². The molecule has 2 rings (SSSR count). The second-order valence-electron chi connectivity index (χ2n) is 6.65. The van der Waals surface area contributed by atoms with Crippen LogP contribution in [0.3, 0.4) is 0 Å². The third-order valence-corrected chi connectivity index (χ3v) is 4.90. The molecule has 0 radical (unpaired) electrons. The summed E-state index contributed by atoms with van der Waals surface area (Å²) in [4.78, 5) is 14.4. The van der Waals surface area contributed by atoms with Gasteiger partial charge in [-0.15, -0.1) is 0 Å². The Bertz CT molecular complexity index is 294. The topological polar surface area (TPSA) is 44.4 Å². The van der Waals surface area contributed by atoms with Gasteiger partial charge in [0, 0.05) is 31.7 Å². The minimum Gasteiger partial charge on any atom is -0.336 e. The highest BCUT2D eigenvalue weighted by molar-refractivity contribution is 5.74. The van der Waals surface area contributed by atoms with E-state index in [0.717, 1.165) is 38.3 Å². The third kappa shape index (κ3) is 4.97. The van der Waals surface area contributed by atoms with Crippen molar-refractivity contribution in [2.45, 2.75) is 70.9 Å². The number of piperidine rings is 1. The summed E-state index contributed by atoms with van der Waals surface area (Å²) in [6, 6.07) is 0.630. The predicted octanol–water partition coefficient (Wildman–Crippen LogP) is 2.74. The molecule has 0 spiro atoms. The maximum atomic E-state index is 11.8. The fourth-order valence-electron chi connectivity index (χ4n) is 3.37. The highest BCUT2D eigenvalue weighted by Gasteiger charge is 2.24. The van der Waals surface area contributed by atoms with Crippen molar-refractivity contribution < 1.29 is 4.79 Å². The zero-order chi connectivity index (χ0) is 14.4. The van der Waals surface area contributed by atoms with Gasteiger partial charge < -0.3 is 15.5 Å². The van der Waals surface area contributed by atoms with Crippen molar-refractivity contribution in [2.75, 3.05) is 19.6 Å². The van der Waals surface area contributed by atoms with Crippen molar-refractivity contribution in [3.8, 4) is 0 Å². The Labute approximate surface area is 123 Å². The molecule has 1 heterocycles. The van der Waals surface area contributed by atoms with E-state index >= 15 is 0 Å². The Kier molecular flexibility index (Phi) is 6.14. The lowest BCUT2D eigenvalue weighted by Gasteiger charge is -2.34. The van der Waals surface area contributed by atoms with Gasteiger partial charge in [0.15, 0.2) is 0 Å². The van der Waals surface area contributed by atoms with Gasteiger partial charge in [-0.3, -0.25) is 0 Å². The van der Waals surface area contributed by atoms with E-state index < -0.39 is 0 Å². The van der Waals surface area contributed by atoms with Gasteiger partial charge in [0.2, 0.25) is 0 Å². The van der Waals surface area contributed by atoms with Crippen LogP contribution in [0, 0.1) is 5.92 Å². The predicted molar refractivity (Wildman–Crippen MR) is 82.8 cm³/mol. The summed E-state index contributed by atoms with van der Waals surface area (Å²) in [6.07, 6.45) is 8.89. The average molecular weight is 281 g/mol. The average Bonchev–Trinajstić information content (AvgIpc) is 2.93. The molecule has 1 aliphatic heterocycles. The molecule has 0 bridgehead atoms. The molecule has 1 saturated carbocycles. The number of amides is 2. The van der Waals surface area contributed by atoms with Gasteiger partial charge in [-0.1, -0.05) is 19.8 Å². The Hall–Kier alpha value is -0.770. The summed E-state index contributed by atoms with van der Waals surface area (Å²) < 4.78 is 0. The van der Waals surface area contributed by atoms with E-state index in [1.165, 1.54) is 32.2 Å². The SMILES string of the molecule is CCC(C)NC(=O)NC1CCN(CC2CCCC2)CC1. The third-order valence-electron chi connectivity index (χ3n) is 4.90. The monoisotopic (exact) mass is 281 g/mol. The van der Waals surface area contributed by atoms with Gasteiger partial charge in [0.1, 0.15) is 0 Å². The summed E-state index contributed by atoms with van der Waals surface area (Å²) in [7, 11) is 0. The molecular formula is C16H31N3O. The van der Waals surface area contributed by atoms with Crippen LogP contribution in [0.15, 0.2) is 0 Å². The molecule has 116 valence electrons. The molecule has 2 amide bonds. The first-order chi connectivity index (χ1) is 9.67. The van der Waals surface area contributed by atoms with Crippen molar-refractivity contribution in [1.82, 2.24) is 15.5 Å². The number of likely N-dealkylation sites (tertiary alicyclic amines) is 1. The first-order valence-electron chi connectivity index (χ1n) is 8.46.